The molecular weight excluding hydrogens is 150 g/mol. The standard InChI is InChI=1S/C7H12F2N2/c8-7(9)6-11-5-3-1-2-4-10/h7,11H,1-3,5-6H2. The Balaban J connectivity index is 2.86. The predicted molar refractivity (Wildman–Crippen MR) is 38.3 cm³/mol. The topological polar surface area (TPSA) is 35.8 Å². The molecule has 1 N–H and O–H groups in total. The van der Waals surface area contributed by atoms with Crippen molar-refractivity contribution in [3.8, 4) is 6.07 Å². The van der Waals surface area contributed by atoms with E-state index in [-0.39, 0.29) is 6.54 Å². The summed E-state index contributed by atoms with van der Waals surface area (Å²) in [5.74, 6) is 0. The Labute approximate surface area is 65.2 Å². The van der Waals surface area contributed by atoms with Gasteiger partial charge in [-0.3, -0.25) is 0 Å². The molecule has 0 aliphatic heterocycles. The van der Waals surface area contributed by atoms with E-state index in [0.29, 0.717) is 13.0 Å². The van der Waals surface area contributed by atoms with Gasteiger partial charge in [-0.1, -0.05) is 0 Å². The predicted octanol–water partition coefficient (Wildman–Crippen LogP) is 1.53. The van der Waals surface area contributed by atoms with Crippen molar-refractivity contribution in [2.24, 2.45) is 0 Å². The summed E-state index contributed by atoms with van der Waals surface area (Å²) < 4.78 is 23.0. The van der Waals surface area contributed by atoms with Gasteiger partial charge in [-0.05, 0) is 19.4 Å². The van der Waals surface area contributed by atoms with Crippen LogP contribution < -0.4 is 5.32 Å². The van der Waals surface area contributed by atoms with E-state index in [9.17, 15) is 8.78 Å². The van der Waals surface area contributed by atoms with Gasteiger partial charge in [-0.25, -0.2) is 8.78 Å². The minimum atomic E-state index is -2.27. The van der Waals surface area contributed by atoms with E-state index in [4.69, 9.17) is 5.26 Å². The Morgan fingerprint density at radius 3 is 2.64 bits per heavy atom. The van der Waals surface area contributed by atoms with Gasteiger partial charge in [0.15, 0.2) is 0 Å². The zero-order chi connectivity index (χ0) is 8.53. The molecule has 0 atom stereocenters. The molecule has 0 fully saturated rings. The highest BCUT2D eigenvalue weighted by molar-refractivity contribution is 4.68. The Morgan fingerprint density at radius 1 is 1.36 bits per heavy atom. The van der Waals surface area contributed by atoms with Gasteiger partial charge >= 0.3 is 0 Å². The first-order valence-electron chi connectivity index (χ1n) is 3.63. The molecule has 11 heavy (non-hydrogen) atoms. The fourth-order valence-corrected chi connectivity index (χ4v) is 0.665. The van der Waals surface area contributed by atoms with Crippen molar-refractivity contribution in [3.63, 3.8) is 0 Å². The molecule has 0 saturated heterocycles. The van der Waals surface area contributed by atoms with Gasteiger partial charge in [-0.2, -0.15) is 5.26 Å². The first-order valence-corrected chi connectivity index (χ1v) is 3.63. The number of hydrogen-bond donors (Lipinski definition) is 1. The third-order valence-electron chi connectivity index (χ3n) is 1.19. The molecule has 0 aromatic heterocycles. The van der Waals surface area contributed by atoms with Crippen LogP contribution in [0.25, 0.3) is 0 Å². The Morgan fingerprint density at radius 2 is 2.09 bits per heavy atom. The summed E-state index contributed by atoms with van der Waals surface area (Å²) in [6, 6.07) is 1.99. The molecular formula is C7H12F2N2. The van der Waals surface area contributed by atoms with Crippen molar-refractivity contribution in [2.75, 3.05) is 13.1 Å². The van der Waals surface area contributed by atoms with Gasteiger partial charge in [0.1, 0.15) is 0 Å². The molecule has 0 aliphatic rings. The fourth-order valence-electron chi connectivity index (χ4n) is 0.665. The van der Waals surface area contributed by atoms with Crippen LogP contribution in [0.15, 0.2) is 0 Å². The number of halogens is 2. The number of alkyl halides is 2. The molecule has 0 rings (SSSR count). The van der Waals surface area contributed by atoms with Crippen LogP contribution in [0.5, 0.6) is 0 Å². The van der Waals surface area contributed by atoms with Crippen molar-refractivity contribution < 1.29 is 8.78 Å². The molecule has 0 aliphatic carbocycles. The molecule has 0 unspecified atom stereocenters. The van der Waals surface area contributed by atoms with Gasteiger partial charge < -0.3 is 5.32 Å². The molecule has 2 nitrogen and oxygen atoms in total. The SMILES string of the molecule is N#CCCCCNCC(F)F. The van der Waals surface area contributed by atoms with E-state index in [0.717, 1.165) is 12.8 Å². The number of hydrogen-bond acceptors (Lipinski definition) is 2. The number of nitrogens with one attached hydrogen (secondary N) is 1. The van der Waals surface area contributed by atoms with Crippen LogP contribution >= 0.6 is 0 Å². The van der Waals surface area contributed by atoms with Crippen LogP contribution in [-0.4, -0.2) is 19.5 Å². The summed E-state index contributed by atoms with van der Waals surface area (Å²) in [6.45, 7) is 0.332. The lowest BCUT2D eigenvalue weighted by Gasteiger charge is -2.01. The van der Waals surface area contributed by atoms with Crippen molar-refractivity contribution in [1.82, 2.24) is 5.32 Å². The van der Waals surface area contributed by atoms with E-state index in [1.54, 1.807) is 0 Å². The number of rotatable bonds is 6. The third-order valence-corrected chi connectivity index (χ3v) is 1.19. The summed E-state index contributed by atoms with van der Waals surface area (Å²) in [5.41, 5.74) is 0. The minimum Gasteiger partial charge on any atom is -0.311 e. The second-order valence-corrected chi connectivity index (χ2v) is 2.21. The van der Waals surface area contributed by atoms with Gasteiger partial charge in [0.2, 0.25) is 0 Å². The van der Waals surface area contributed by atoms with Crippen LogP contribution in [-0.2, 0) is 0 Å². The molecule has 0 spiro atoms. The van der Waals surface area contributed by atoms with Crippen LogP contribution in [0.1, 0.15) is 19.3 Å². The van der Waals surface area contributed by atoms with E-state index in [1.165, 1.54) is 0 Å². The fraction of sp³-hybridized carbons (Fsp3) is 0.857. The summed E-state index contributed by atoms with van der Waals surface area (Å²) in [4.78, 5) is 0. The molecule has 0 amide bonds. The van der Waals surface area contributed by atoms with Crippen molar-refractivity contribution in [1.29, 1.82) is 5.26 Å². The average Bonchev–Trinajstić information content (AvgIpc) is 1.96. The third kappa shape index (κ3) is 9.31. The van der Waals surface area contributed by atoms with E-state index in [1.807, 2.05) is 6.07 Å². The molecule has 0 aromatic carbocycles. The largest absolute Gasteiger partial charge is 0.311 e. The first kappa shape index (κ1) is 10.3. The van der Waals surface area contributed by atoms with Crippen LogP contribution in [0.2, 0.25) is 0 Å². The lowest BCUT2D eigenvalue weighted by molar-refractivity contribution is 0.146. The van der Waals surface area contributed by atoms with Crippen molar-refractivity contribution in [2.45, 2.75) is 25.7 Å². The molecule has 0 aromatic rings. The highest BCUT2D eigenvalue weighted by Gasteiger charge is 1.98. The lowest BCUT2D eigenvalue weighted by atomic mass is 10.2. The van der Waals surface area contributed by atoms with Gasteiger partial charge in [0.25, 0.3) is 6.43 Å². The van der Waals surface area contributed by atoms with Gasteiger partial charge in [-0.15, -0.1) is 0 Å². The molecule has 0 radical (unpaired) electrons. The summed E-state index contributed by atoms with van der Waals surface area (Å²) in [6.07, 6.45) is -0.186. The quantitative estimate of drug-likeness (QED) is 0.601. The molecule has 0 saturated carbocycles. The maximum Gasteiger partial charge on any atom is 0.250 e. The van der Waals surface area contributed by atoms with Crippen molar-refractivity contribution >= 4 is 0 Å². The Bertz CT molecular complexity index is 120. The maximum absolute atomic E-state index is 11.5. The summed E-state index contributed by atoms with van der Waals surface area (Å²) in [7, 11) is 0. The summed E-state index contributed by atoms with van der Waals surface area (Å²) in [5, 5.41) is 10.7. The number of nitriles is 1. The zero-order valence-corrected chi connectivity index (χ0v) is 6.32. The van der Waals surface area contributed by atoms with E-state index < -0.39 is 6.43 Å². The second-order valence-electron chi connectivity index (χ2n) is 2.21. The highest BCUT2D eigenvalue weighted by atomic mass is 19.3. The molecule has 4 heteroatoms. The zero-order valence-electron chi connectivity index (χ0n) is 6.32. The van der Waals surface area contributed by atoms with Crippen LogP contribution in [0, 0.1) is 11.3 Å². The maximum atomic E-state index is 11.5. The van der Waals surface area contributed by atoms with E-state index in [2.05, 4.69) is 5.32 Å². The lowest BCUT2D eigenvalue weighted by Crippen LogP contribution is -2.22. The van der Waals surface area contributed by atoms with Crippen LogP contribution in [0.4, 0.5) is 8.78 Å². The Hall–Kier alpha value is -0.690. The number of unbranched alkanes of at least 4 members (excludes halogenated alkanes) is 2. The summed E-state index contributed by atoms with van der Waals surface area (Å²) >= 11 is 0. The van der Waals surface area contributed by atoms with Gasteiger partial charge in [0.05, 0.1) is 12.6 Å². The minimum absolute atomic E-state index is 0.243. The molecule has 0 heterocycles. The second kappa shape index (κ2) is 7.42. The first-order chi connectivity index (χ1) is 5.27. The molecule has 0 bridgehead atoms. The van der Waals surface area contributed by atoms with Gasteiger partial charge in [0, 0.05) is 6.42 Å². The van der Waals surface area contributed by atoms with Crippen LogP contribution in [0.3, 0.4) is 0 Å². The Kier molecular flexibility index (Phi) is 6.95. The highest BCUT2D eigenvalue weighted by Crippen LogP contribution is 1.92. The smallest absolute Gasteiger partial charge is 0.250 e. The number of nitrogens with zero attached hydrogens (tertiary/aromatic N) is 1. The normalized spacial score (nSPS) is 10.0. The average molecular weight is 162 g/mol. The van der Waals surface area contributed by atoms with E-state index >= 15 is 0 Å². The molecule has 64 valence electrons. The monoisotopic (exact) mass is 162 g/mol. The van der Waals surface area contributed by atoms with Crippen molar-refractivity contribution in [3.05, 3.63) is 0 Å².